The van der Waals surface area contributed by atoms with Crippen LogP contribution in [0, 0.1) is 0 Å². The second-order valence-electron chi connectivity index (χ2n) is 3.89. The van der Waals surface area contributed by atoms with E-state index >= 15 is 0 Å². The second kappa shape index (κ2) is 6.86. The molecule has 1 rings (SSSR count). The highest BCUT2D eigenvalue weighted by atomic mass is 16.5. The fourth-order valence-electron chi connectivity index (χ4n) is 1.37. The van der Waals surface area contributed by atoms with Gasteiger partial charge in [-0.3, -0.25) is 4.79 Å². The van der Waals surface area contributed by atoms with Crippen LogP contribution < -0.4 is 4.74 Å². The van der Waals surface area contributed by atoms with Crippen LogP contribution >= 0.6 is 0 Å². The summed E-state index contributed by atoms with van der Waals surface area (Å²) in [4.78, 5) is 11.2. The second-order valence-corrected chi connectivity index (χ2v) is 3.89. The molecule has 0 radical (unpaired) electrons. The minimum Gasteiger partial charge on any atom is -0.508 e. The Morgan fingerprint density at radius 2 is 1.94 bits per heavy atom. The van der Waals surface area contributed by atoms with Gasteiger partial charge in [0.05, 0.1) is 13.0 Å². The van der Waals surface area contributed by atoms with Gasteiger partial charge in [0.15, 0.2) is 0 Å². The number of rotatable bonds is 6. The summed E-state index contributed by atoms with van der Waals surface area (Å²) < 4.78 is 10.2. The smallest absolute Gasteiger partial charge is 0.308 e. The average molecular weight is 254 g/mol. The molecular weight excluding hydrogens is 236 g/mol. The van der Waals surface area contributed by atoms with Crippen LogP contribution in [-0.4, -0.2) is 35.0 Å². The Hall–Kier alpha value is -1.75. The highest BCUT2D eigenvalue weighted by Crippen LogP contribution is 2.18. The molecule has 2 atom stereocenters. The third kappa shape index (κ3) is 4.63. The molecule has 0 fully saturated rings. The van der Waals surface area contributed by atoms with Gasteiger partial charge in [-0.15, -0.1) is 0 Å². The summed E-state index contributed by atoms with van der Waals surface area (Å²) in [5.74, 6) is 0.205. The van der Waals surface area contributed by atoms with Gasteiger partial charge in [-0.25, -0.2) is 0 Å². The van der Waals surface area contributed by atoms with E-state index in [0.29, 0.717) is 12.4 Å². The molecule has 0 amide bonds. The maximum Gasteiger partial charge on any atom is 0.308 e. The number of carbonyl (C=O) groups excluding carboxylic acids is 1. The Morgan fingerprint density at radius 1 is 1.33 bits per heavy atom. The monoisotopic (exact) mass is 254 g/mol. The van der Waals surface area contributed by atoms with E-state index in [1.807, 2.05) is 0 Å². The molecule has 0 saturated heterocycles. The van der Waals surface area contributed by atoms with E-state index in [0.717, 1.165) is 0 Å². The zero-order valence-corrected chi connectivity index (χ0v) is 10.5. The molecule has 0 aliphatic rings. The number of aliphatic hydroxyl groups is 1. The summed E-state index contributed by atoms with van der Waals surface area (Å²) in [7, 11) is 0. The van der Waals surface area contributed by atoms with Crippen molar-refractivity contribution in [2.45, 2.75) is 32.5 Å². The van der Waals surface area contributed by atoms with E-state index in [9.17, 15) is 9.90 Å². The number of aromatic hydroxyl groups is 1. The van der Waals surface area contributed by atoms with Crippen molar-refractivity contribution in [1.82, 2.24) is 0 Å². The number of ether oxygens (including phenoxy) is 2. The molecular formula is C13H18O5. The van der Waals surface area contributed by atoms with Crippen LogP contribution in [0.2, 0.25) is 0 Å². The van der Waals surface area contributed by atoms with Gasteiger partial charge in [-0.1, -0.05) is 0 Å². The van der Waals surface area contributed by atoms with Crippen molar-refractivity contribution >= 4 is 5.97 Å². The van der Waals surface area contributed by atoms with Crippen molar-refractivity contribution in [2.24, 2.45) is 0 Å². The summed E-state index contributed by atoms with van der Waals surface area (Å²) in [5.41, 5.74) is 0. The fraction of sp³-hybridized carbons (Fsp3) is 0.462. The molecule has 5 heteroatoms. The van der Waals surface area contributed by atoms with Crippen molar-refractivity contribution in [3.05, 3.63) is 24.3 Å². The molecule has 1 aromatic carbocycles. The number of hydrogen-bond donors (Lipinski definition) is 2. The molecule has 2 unspecified atom stereocenters. The largest absolute Gasteiger partial charge is 0.508 e. The van der Waals surface area contributed by atoms with Crippen LogP contribution in [0.4, 0.5) is 0 Å². The lowest BCUT2D eigenvalue weighted by atomic mass is 10.1. The van der Waals surface area contributed by atoms with Gasteiger partial charge >= 0.3 is 5.97 Å². The number of aliphatic hydroxyl groups excluding tert-OH is 1. The summed E-state index contributed by atoms with van der Waals surface area (Å²) >= 11 is 0. The van der Waals surface area contributed by atoms with Crippen molar-refractivity contribution in [3.63, 3.8) is 0 Å². The first-order valence-corrected chi connectivity index (χ1v) is 5.82. The van der Waals surface area contributed by atoms with Crippen molar-refractivity contribution < 1.29 is 24.5 Å². The Bertz CT molecular complexity index is 373. The molecule has 0 saturated carbocycles. The SMILES string of the molecule is CCOC(=O)CC(O)C(C)Oc1ccc(O)cc1. The molecule has 18 heavy (non-hydrogen) atoms. The number of phenols is 1. The molecule has 0 aliphatic heterocycles. The Balaban J connectivity index is 2.46. The fourth-order valence-corrected chi connectivity index (χ4v) is 1.37. The molecule has 0 spiro atoms. The van der Waals surface area contributed by atoms with E-state index in [2.05, 4.69) is 0 Å². The standard InChI is InChI=1S/C13H18O5/c1-3-17-13(16)8-12(15)9(2)18-11-6-4-10(14)5-7-11/h4-7,9,12,14-15H,3,8H2,1-2H3. The molecule has 100 valence electrons. The molecule has 0 heterocycles. The van der Waals surface area contributed by atoms with Crippen LogP contribution in [0.15, 0.2) is 24.3 Å². The van der Waals surface area contributed by atoms with Crippen LogP contribution in [-0.2, 0) is 9.53 Å². The summed E-state index contributed by atoms with van der Waals surface area (Å²) in [5, 5.41) is 18.9. The highest BCUT2D eigenvalue weighted by molar-refractivity contribution is 5.69. The Morgan fingerprint density at radius 3 is 2.50 bits per heavy atom. The first kappa shape index (κ1) is 14.3. The van der Waals surface area contributed by atoms with E-state index in [1.54, 1.807) is 26.0 Å². The molecule has 0 bridgehead atoms. The molecule has 5 nitrogen and oxygen atoms in total. The summed E-state index contributed by atoms with van der Waals surface area (Å²) in [6, 6.07) is 6.14. The Labute approximate surface area is 106 Å². The molecule has 2 N–H and O–H groups in total. The maximum atomic E-state index is 11.2. The van der Waals surface area contributed by atoms with Gasteiger partial charge in [0, 0.05) is 0 Å². The molecule has 0 aliphatic carbocycles. The van der Waals surface area contributed by atoms with Gasteiger partial charge in [-0.05, 0) is 38.1 Å². The number of phenolic OH excluding ortho intramolecular Hbond substituents is 1. The predicted molar refractivity (Wildman–Crippen MR) is 65.5 cm³/mol. The van der Waals surface area contributed by atoms with Gasteiger partial charge in [0.2, 0.25) is 0 Å². The summed E-state index contributed by atoms with van der Waals surface area (Å²) in [6.07, 6.45) is -1.58. The minimum atomic E-state index is -0.933. The predicted octanol–water partition coefficient (Wildman–Crippen LogP) is 1.47. The lowest BCUT2D eigenvalue weighted by molar-refractivity contribution is -0.146. The molecule has 1 aromatic rings. The topological polar surface area (TPSA) is 76.0 Å². The van der Waals surface area contributed by atoms with Crippen molar-refractivity contribution in [1.29, 1.82) is 0 Å². The number of hydrogen-bond acceptors (Lipinski definition) is 5. The highest BCUT2D eigenvalue weighted by Gasteiger charge is 2.20. The van der Waals surface area contributed by atoms with E-state index in [4.69, 9.17) is 14.6 Å². The van der Waals surface area contributed by atoms with Crippen LogP contribution in [0.5, 0.6) is 11.5 Å². The first-order valence-electron chi connectivity index (χ1n) is 5.82. The van der Waals surface area contributed by atoms with Gasteiger partial charge in [-0.2, -0.15) is 0 Å². The lowest BCUT2D eigenvalue weighted by Crippen LogP contribution is -2.31. The maximum absolute atomic E-state index is 11.2. The average Bonchev–Trinajstić information content (AvgIpc) is 2.32. The van der Waals surface area contributed by atoms with Gasteiger partial charge in [0.25, 0.3) is 0 Å². The lowest BCUT2D eigenvalue weighted by Gasteiger charge is -2.19. The minimum absolute atomic E-state index is 0.104. The van der Waals surface area contributed by atoms with Crippen molar-refractivity contribution in [2.75, 3.05) is 6.61 Å². The normalized spacial score (nSPS) is 13.7. The van der Waals surface area contributed by atoms with E-state index < -0.39 is 18.2 Å². The Kier molecular flexibility index (Phi) is 5.45. The third-order valence-corrected chi connectivity index (χ3v) is 2.38. The zero-order valence-electron chi connectivity index (χ0n) is 10.5. The third-order valence-electron chi connectivity index (χ3n) is 2.38. The number of carbonyl (C=O) groups is 1. The van der Waals surface area contributed by atoms with E-state index in [1.165, 1.54) is 12.1 Å². The van der Waals surface area contributed by atoms with Crippen LogP contribution in [0.3, 0.4) is 0 Å². The van der Waals surface area contributed by atoms with Crippen LogP contribution in [0.25, 0.3) is 0 Å². The molecule has 0 aromatic heterocycles. The van der Waals surface area contributed by atoms with Gasteiger partial charge < -0.3 is 19.7 Å². The van der Waals surface area contributed by atoms with Crippen molar-refractivity contribution in [3.8, 4) is 11.5 Å². The number of esters is 1. The van der Waals surface area contributed by atoms with E-state index in [-0.39, 0.29) is 12.2 Å². The summed E-state index contributed by atoms with van der Waals surface area (Å²) in [6.45, 7) is 3.66. The van der Waals surface area contributed by atoms with Crippen LogP contribution in [0.1, 0.15) is 20.3 Å². The first-order chi connectivity index (χ1) is 8.52. The quantitative estimate of drug-likeness (QED) is 0.752. The zero-order chi connectivity index (χ0) is 13.5. The number of benzene rings is 1. The van der Waals surface area contributed by atoms with Gasteiger partial charge in [0.1, 0.15) is 23.7 Å².